The molecule has 0 unspecified atom stereocenters. The fourth-order valence-electron chi connectivity index (χ4n) is 3.28. The zero-order chi connectivity index (χ0) is 22.8. The van der Waals surface area contributed by atoms with Crippen LogP contribution >= 0.6 is 34.4 Å². The van der Waals surface area contributed by atoms with Crippen molar-refractivity contribution in [3.05, 3.63) is 45.6 Å². The summed E-state index contributed by atoms with van der Waals surface area (Å²) in [5, 5.41) is 15.9. The van der Waals surface area contributed by atoms with Crippen LogP contribution < -0.4 is 5.32 Å². The highest BCUT2D eigenvalue weighted by Crippen LogP contribution is 2.35. The summed E-state index contributed by atoms with van der Waals surface area (Å²) in [5.41, 5.74) is 2.29. The summed E-state index contributed by atoms with van der Waals surface area (Å²) in [5.74, 6) is 0.277. The van der Waals surface area contributed by atoms with Crippen molar-refractivity contribution in [1.82, 2.24) is 14.8 Å². The molecule has 3 heterocycles. The SMILES string of the molecule is CCOC(=O)c1c(NC(=O)CSc2nnc(-c3csc4ccccc34)n2C)sc(C)c1C. The lowest BCUT2D eigenvalue weighted by Gasteiger charge is -2.07. The van der Waals surface area contributed by atoms with Gasteiger partial charge in [0, 0.05) is 33.0 Å². The van der Waals surface area contributed by atoms with Crippen LogP contribution in [0.1, 0.15) is 27.7 Å². The number of benzene rings is 1. The molecular weight excluding hydrogens is 464 g/mol. The first-order chi connectivity index (χ1) is 15.4. The Morgan fingerprint density at radius 3 is 2.78 bits per heavy atom. The maximum Gasteiger partial charge on any atom is 0.341 e. The third kappa shape index (κ3) is 4.30. The van der Waals surface area contributed by atoms with Crippen LogP contribution in [0.2, 0.25) is 0 Å². The number of thiophene rings is 2. The molecule has 10 heteroatoms. The van der Waals surface area contributed by atoms with Gasteiger partial charge in [-0.2, -0.15) is 0 Å². The lowest BCUT2D eigenvalue weighted by molar-refractivity contribution is -0.113. The largest absolute Gasteiger partial charge is 0.462 e. The molecule has 0 saturated heterocycles. The Bertz CT molecular complexity index is 1310. The molecule has 0 aliphatic rings. The standard InChI is InChI=1S/C22H22N4O3S3/c1-5-29-21(28)18-12(2)13(3)32-20(18)23-17(27)11-31-22-25-24-19(26(22)4)15-10-30-16-9-7-6-8-14(15)16/h6-10H,5,11H2,1-4H3,(H,23,27). The van der Waals surface area contributed by atoms with Crippen molar-refractivity contribution in [2.45, 2.75) is 25.9 Å². The van der Waals surface area contributed by atoms with Crippen LogP contribution in [0.3, 0.4) is 0 Å². The number of thioether (sulfide) groups is 1. The van der Waals surface area contributed by atoms with Gasteiger partial charge in [0.2, 0.25) is 5.91 Å². The van der Waals surface area contributed by atoms with Crippen LogP contribution in [-0.4, -0.2) is 39.0 Å². The van der Waals surface area contributed by atoms with Gasteiger partial charge in [-0.3, -0.25) is 4.79 Å². The third-order valence-corrected chi connectivity index (χ3v) is 8.11. The Morgan fingerprint density at radius 2 is 2.00 bits per heavy atom. The second kappa shape index (κ2) is 9.43. The van der Waals surface area contributed by atoms with Gasteiger partial charge in [-0.05, 0) is 32.4 Å². The van der Waals surface area contributed by atoms with E-state index in [1.165, 1.54) is 27.8 Å². The fraction of sp³-hybridized carbons (Fsp3) is 0.273. The summed E-state index contributed by atoms with van der Waals surface area (Å²) in [6, 6.07) is 8.18. The summed E-state index contributed by atoms with van der Waals surface area (Å²) >= 11 is 4.35. The molecule has 0 spiro atoms. The van der Waals surface area contributed by atoms with Gasteiger partial charge in [-0.25, -0.2) is 4.79 Å². The summed E-state index contributed by atoms with van der Waals surface area (Å²) in [7, 11) is 1.90. The normalized spacial score (nSPS) is 11.1. The summed E-state index contributed by atoms with van der Waals surface area (Å²) < 4.78 is 8.24. The van der Waals surface area contributed by atoms with E-state index in [-0.39, 0.29) is 18.3 Å². The zero-order valence-corrected chi connectivity index (χ0v) is 20.5. The minimum absolute atomic E-state index is 0.147. The van der Waals surface area contributed by atoms with Crippen LogP contribution in [0.15, 0.2) is 34.8 Å². The lowest BCUT2D eigenvalue weighted by atomic mass is 10.1. The van der Waals surface area contributed by atoms with Crippen molar-refractivity contribution in [2.24, 2.45) is 7.05 Å². The average Bonchev–Trinajstić information content (AvgIpc) is 3.42. The number of esters is 1. The smallest absolute Gasteiger partial charge is 0.341 e. The number of rotatable bonds is 7. The Balaban J connectivity index is 1.47. The topological polar surface area (TPSA) is 86.1 Å². The van der Waals surface area contributed by atoms with E-state index in [9.17, 15) is 9.59 Å². The minimum Gasteiger partial charge on any atom is -0.462 e. The highest BCUT2D eigenvalue weighted by atomic mass is 32.2. The number of aromatic nitrogens is 3. The van der Waals surface area contributed by atoms with Gasteiger partial charge in [0.05, 0.1) is 17.9 Å². The van der Waals surface area contributed by atoms with Crippen LogP contribution in [-0.2, 0) is 16.6 Å². The number of anilines is 1. The fourth-order valence-corrected chi connectivity index (χ4v) is 6.00. The molecule has 0 aliphatic heterocycles. The Labute approximate surface area is 197 Å². The second-order valence-corrected chi connectivity index (χ2v) is 10.1. The Hall–Kier alpha value is -2.69. The Morgan fingerprint density at radius 1 is 1.22 bits per heavy atom. The van der Waals surface area contributed by atoms with Crippen LogP contribution in [0.4, 0.5) is 5.00 Å². The first kappa shape index (κ1) is 22.5. The molecule has 166 valence electrons. The molecule has 0 radical (unpaired) electrons. The molecule has 0 atom stereocenters. The predicted molar refractivity (Wildman–Crippen MR) is 131 cm³/mol. The molecule has 0 saturated carbocycles. The lowest BCUT2D eigenvalue weighted by Crippen LogP contribution is -2.16. The predicted octanol–water partition coefficient (Wildman–Crippen LogP) is 5.28. The second-order valence-electron chi connectivity index (χ2n) is 7.06. The molecule has 4 aromatic rings. The van der Waals surface area contributed by atoms with Gasteiger partial charge in [0.25, 0.3) is 0 Å². The molecule has 0 fully saturated rings. The van der Waals surface area contributed by atoms with E-state index in [1.807, 2.05) is 37.6 Å². The number of aryl methyl sites for hydroxylation is 1. The van der Waals surface area contributed by atoms with E-state index in [2.05, 4.69) is 33.0 Å². The van der Waals surface area contributed by atoms with E-state index < -0.39 is 5.97 Å². The molecule has 1 aromatic carbocycles. The van der Waals surface area contributed by atoms with Gasteiger partial charge in [0.1, 0.15) is 5.00 Å². The van der Waals surface area contributed by atoms with E-state index >= 15 is 0 Å². The van der Waals surface area contributed by atoms with Gasteiger partial charge >= 0.3 is 5.97 Å². The molecule has 32 heavy (non-hydrogen) atoms. The zero-order valence-electron chi connectivity index (χ0n) is 18.1. The molecule has 1 N–H and O–H groups in total. The number of hydrogen-bond acceptors (Lipinski definition) is 8. The van der Waals surface area contributed by atoms with Gasteiger partial charge < -0.3 is 14.6 Å². The molecule has 3 aromatic heterocycles. The molecule has 1 amide bonds. The first-order valence-electron chi connectivity index (χ1n) is 9.96. The van der Waals surface area contributed by atoms with Crippen molar-refractivity contribution in [2.75, 3.05) is 17.7 Å². The van der Waals surface area contributed by atoms with Crippen molar-refractivity contribution < 1.29 is 14.3 Å². The van der Waals surface area contributed by atoms with Crippen molar-refractivity contribution in [3.63, 3.8) is 0 Å². The number of hydrogen-bond donors (Lipinski definition) is 1. The quantitative estimate of drug-likeness (QED) is 0.282. The molecule has 0 aliphatic carbocycles. The summed E-state index contributed by atoms with van der Waals surface area (Å²) in [4.78, 5) is 25.9. The first-order valence-corrected chi connectivity index (χ1v) is 12.6. The van der Waals surface area contributed by atoms with Crippen LogP contribution in [0.25, 0.3) is 21.5 Å². The number of nitrogens with zero attached hydrogens (tertiary/aromatic N) is 3. The van der Waals surface area contributed by atoms with E-state index in [0.29, 0.717) is 15.7 Å². The maximum atomic E-state index is 12.6. The number of carbonyl (C=O) groups is 2. The molecule has 0 bridgehead atoms. The number of carbonyl (C=O) groups excluding carboxylic acids is 2. The van der Waals surface area contributed by atoms with Crippen molar-refractivity contribution >= 4 is 61.4 Å². The van der Waals surface area contributed by atoms with Gasteiger partial charge in [-0.15, -0.1) is 32.9 Å². The minimum atomic E-state index is -0.418. The van der Waals surface area contributed by atoms with Crippen LogP contribution in [0.5, 0.6) is 0 Å². The molecule has 4 rings (SSSR count). The highest BCUT2D eigenvalue weighted by molar-refractivity contribution is 7.99. The van der Waals surface area contributed by atoms with E-state index in [1.54, 1.807) is 18.3 Å². The van der Waals surface area contributed by atoms with Gasteiger partial charge in [-0.1, -0.05) is 30.0 Å². The Kier molecular flexibility index (Phi) is 6.63. The number of ether oxygens (including phenoxy) is 1. The number of nitrogens with one attached hydrogen (secondary N) is 1. The molecule has 7 nitrogen and oxygen atoms in total. The highest BCUT2D eigenvalue weighted by Gasteiger charge is 2.22. The van der Waals surface area contributed by atoms with E-state index in [4.69, 9.17) is 4.74 Å². The van der Waals surface area contributed by atoms with Crippen LogP contribution in [0, 0.1) is 13.8 Å². The summed E-state index contributed by atoms with van der Waals surface area (Å²) in [6.07, 6.45) is 0. The number of fused-ring (bicyclic) bond motifs is 1. The van der Waals surface area contributed by atoms with Gasteiger partial charge in [0.15, 0.2) is 11.0 Å². The van der Waals surface area contributed by atoms with Crippen molar-refractivity contribution in [3.8, 4) is 11.4 Å². The van der Waals surface area contributed by atoms with E-state index in [0.717, 1.165) is 27.2 Å². The average molecular weight is 487 g/mol. The molecular formula is C22H22N4O3S3. The maximum absolute atomic E-state index is 12.6. The van der Waals surface area contributed by atoms with Crippen molar-refractivity contribution in [1.29, 1.82) is 0 Å². The summed E-state index contributed by atoms with van der Waals surface area (Å²) in [6.45, 7) is 5.82. The third-order valence-electron chi connectivity index (χ3n) is 5.01. The monoisotopic (exact) mass is 486 g/mol. The number of amides is 1.